The minimum atomic E-state index is 0.668. The molecule has 1 heterocycles. The fraction of sp³-hybridized carbons (Fsp3) is 0.167. The van der Waals surface area contributed by atoms with Crippen LogP contribution in [0, 0.1) is 3.77 Å². The van der Waals surface area contributed by atoms with Crippen LogP contribution in [0.1, 0.15) is 5.76 Å². The molecule has 1 aromatic heterocycles. The lowest BCUT2D eigenvalue weighted by molar-refractivity contribution is 0.412. The minimum absolute atomic E-state index is 0.668. The van der Waals surface area contributed by atoms with Gasteiger partial charge in [0.1, 0.15) is 11.5 Å². The summed E-state index contributed by atoms with van der Waals surface area (Å²) in [6.07, 6.45) is 0. The highest BCUT2D eigenvalue weighted by Crippen LogP contribution is 2.27. The molecule has 0 saturated carbocycles. The summed E-state index contributed by atoms with van der Waals surface area (Å²) in [5, 5.41) is 3.28. The van der Waals surface area contributed by atoms with Gasteiger partial charge in [-0.15, -0.1) is 0 Å². The van der Waals surface area contributed by atoms with Crippen molar-refractivity contribution in [3.05, 3.63) is 44.3 Å². The molecule has 0 aliphatic heterocycles. The van der Waals surface area contributed by atoms with E-state index in [9.17, 15) is 0 Å². The summed E-state index contributed by atoms with van der Waals surface area (Å²) < 4.78 is 12.5. The van der Waals surface area contributed by atoms with Crippen LogP contribution in [0.4, 0.5) is 5.69 Å². The molecule has 0 fully saturated rings. The van der Waals surface area contributed by atoms with Crippen molar-refractivity contribution in [3.8, 4) is 5.75 Å². The van der Waals surface area contributed by atoms with Crippen LogP contribution in [0.3, 0.4) is 0 Å². The van der Waals surface area contributed by atoms with Gasteiger partial charge in [0, 0.05) is 5.69 Å². The second-order valence-electron chi connectivity index (χ2n) is 3.41. The van der Waals surface area contributed by atoms with Crippen molar-refractivity contribution in [2.24, 2.45) is 0 Å². The Kier molecular flexibility index (Phi) is 4.33. The third kappa shape index (κ3) is 3.38. The fourth-order valence-electron chi connectivity index (χ4n) is 1.41. The van der Waals surface area contributed by atoms with Crippen LogP contribution in [-0.2, 0) is 6.54 Å². The first-order chi connectivity index (χ1) is 8.19. The SMILES string of the molecule is COc1ccc(NCc2ccc(I)o2)cc1Br. The van der Waals surface area contributed by atoms with Crippen molar-refractivity contribution in [2.45, 2.75) is 6.54 Å². The van der Waals surface area contributed by atoms with Crippen molar-refractivity contribution in [1.82, 2.24) is 0 Å². The van der Waals surface area contributed by atoms with Crippen molar-refractivity contribution in [3.63, 3.8) is 0 Å². The zero-order valence-corrected chi connectivity index (χ0v) is 12.9. The van der Waals surface area contributed by atoms with E-state index < -0.39 is 0 Å². The van der Waals surface area contributed by atoms with E-state index in [1.807, 2.05) is 30.3 Å². The van der Waals surface area contributed by atoms with E-state index >= 15 is 0 Å². The van der Waals surface area contributed by atoms with Crippen molar-refractivity contribution in [1.29, 1.82) is 0 Å². The molecule has 0 spiro atoms. The first-order valence-electron chi connectivity index (χ1n) is 5.00. The monoisotopic (exact) mass is 407 g/mol. The average molecular weight is 408 g/mol. The van der Waals surface area contributed by atoms with Crippen molar-refractivity contribution >= 4 is 44.2 Å². The molecule has 0 atom stereocenters. The highest BCUT2D eigenvalue weighted by Gasteiger charge is 2.02. The molecular formula is C12H11BrINO2. The summed E-state index contributed by atoms with van der Waals surface area (Å²) in [4.78, 5) is 0. The van der Waals surface area contributed by atoms with Crippen LogP contribution >= 0.6 is 38.5 Å². The molecule has 1 N–H and O–H groups in total. The number of hydrogen-bond acceptors (Lipinski definition) is 3. The first kappa shape index (κ1) is 12.8. The summed E-state index contributed by atoms with van der Waals surface area (Å²) in [5.74, 6) is 1.74. The van der Waals surface area contributed by atoms with Gasteiger partial charge in [0.15, 0.2) is 3.77 Å². The molecule has 2 aromatic rings. The van der Waals surface area contributed by atoms with E-state index in [1.165, 1.54) is 0 Å². The number of methoxy groups -OCH3 is 1. The molecule has 0 aliphatic carbocycles. The molecule has 3 nitrogen and oxygen atoms in total. The number of ether oxygens (including phenoxy) is 1. The molecule has 0 unspecified atom stereocenters. The maximum absolute atomic E-state index is 5.47. The number of halogens is 2. The number of hydrogen-bond donors (Lipinski definition) is 1. The average Bonchev–Trinajstić information content (AvgIpc) is 2.73. The van der Waals surface area contributed by atoms with E-state index in [2.05, 4.69) is 43.8 Å². The van der Waals surface area contributed by atoms with Gasteiger partial charge in [-0.3, -0.25) is 0 Å². The van der Waals surface area contributed by atoms with Gasteiger partial charge in [0.2, 0.25) is 0 Å². The molecule has 1 aromatic carbocycles. The fourth-order valence-corrected chi connectivity index (χ4v) is 2.42. The molecule has 0 radical (unpaired) electrons. The third-order valence-electron chi connectivity index (χ3n) is 2.25. The van der Waals surface area contributed by atoms with E-state index in [1.54, 1.807) is 7.11 Å². The molecule has 0 aliphatic rings. The Labute approximate surface area is 122 Å². The summed E-state index contributed by atoms with van der Waals surface area (Å²) in [7, 11) is 1.65. The second kappa shape index (κ2) is 5.77. The Bertz CT molecular complexity index is 513. The maximum atomic E-state index is 5.47. The molecule has 17 heavy (non-hydrogen) atoms. The number of benzene rings is 1. The summed E-state index contributed by atoms with van der Waals surface area (Å²) in [6, 6.07) is 9.78. The number of rotatable bonds is 4. The van der Waals surface area contributed by atoms with E-state index in [4.69, 9.17) is 9.15 Å². The summed E-state index contributed by atoms with van der Waals surface area (Å²) in [6.45, 7) is 0.668. The Balaban J connectivity index is 2.02. The van der Waals surface area contributed by atoms with Crippen LogP contribution in [0.25, 0.3) is 0 Å². The van der Waals surface area contributed by atoms with E-state index in [0.29, 0.717) is 6.54 Å². The van der Waals surface area contributed by atoms with Gasteiger partial charge in [0.05, 0.1) is 18.1 Å². The van der Waals surface area contributed by atoms with Gasteiger partial charge in [0.25, 0.3) is 0 Å². The topological polar surface area (TPSA) is 34.4 Å². The Morgan fingerprint density at radius 1 is 1.35 bits per heavy atom. The van der Waals surface area contributed by atoms with Crippen molar-refractivity contribution < 1.29 is 9.15 Å². The zero-order chi connectivity index (χ0) is 12.3. The van der Waals surface area contributed by atoms with Crippen LogP contribution in [0.5, 0.6) is 5.75 Å². The lowest BCUT2D eigenvalue weighted by Crippen LogP contribution is -1.98. The van der Waals surface area contributed by atoms with Crippen LogP contribution < -0.4 is 10.1 Å². The van der Waals surface area contributed by atoms with Crippen molar-refractivity contribution in [2.75, 3.05) is 12.4 Å². The Morgan fingerprint density at radius 2 is 2.18 bits per heavy atom. The predicted octanol–water partition coefficient (Wildman–Crippen LogP) is 4.27. The van der Waals surface area contributed by atoms with E-state index in [-0.39, 0.29) is 0 Å². The summed E-state index contributed by atoms with van der Waals surface area (Å²) >= 11 is 5.60. The lowest BCUT2D eigenvalue weighted by Gasteiger charge is -2.07. The number of furan rings is 1. The first-order valence-corrected chi connectivity index (χ1v) is 6.88. The number of anilines is 1. The smallest absolute Gasteiger partial charge is 0.164 e. The normalized spacial score (nSPS) is 10.3. The van der Waals surface area contributed by atoms with Crippen LogP contribution in [0.2, 0.25) is 0 Å². The second-order valence-corrected chi connectivity index (χ2v) is 5.33. The quantitative estimate of drug-likeness (QED) is 0.768. The lowest BCUT2D eigenvalue weighted by atomic mass is 10.3. The highest BCUT2D eigenvalue weighted by atomic mass is 127. The van der Waals surface area contributed by atoms with Gasteiger partial charge in [-0.1, -0.05) is 0 Å². The Hall–Kier alpha value is -0.690. The molecule has 0 bridgehead atoms. The van der Waals surface area contributed by atoms with Gasteiger partial charge in [-0.05, 0) is 68.9 Å². The largest absolute Gasteiger partial charge is 0.496 e. The summed E-state index contributed by atoms with van der Waals surface area (Å²) in [5.41, 5.74) is 1.02. The molecule has 5 heteroatoms. The highest BCUT2D eigenvalue weighted by molar-refractivity contribution is 14.1. The van der Waals surface area contributed by atoms with Gasteiger partial charge in [-0.2, -0.15) is 0 Å². The number of nitrogens with one attached hydrogen (secondary N) is 1. The van der Waals surface area contributed by atoms with Gasteiger partial charge >= 0.3 is 0 Å². The van der Waals surface area contributed by atoms with Gasteiger partial charge in [-0.25, -0.2) is 0 Å². The molecule has 2 rings (SSSR count). The maximum Gasteiger partial charge on any atom is 0.164 e. The van der Waals surface area contributed by atoms with Crippen LogP contribution in [0.15, 0.2) is 39.2 Å². The molecule has 90 valence electrons. The Morgan fingerprint density at radius 3 is 2.76 bits per heavy atom. The van der Waals surface area contributed by atoms with Crippen LogP contribution in [-0.4, -0.2) is 7.11 Å². The minimum Gasteiger partial charge on any atom is -0.496 e. The van der Waals surface area contributed by atoms with Gasteiger partial charge < -0.3 is 14.5 Å². The predicted molar refractivity (Wildman–Crippen MR) is 79.4 cm³/mol. The molecular weight excluding hydrogens is 397 g/mol. The third-order valence-corrected chi connectivity index (χ3v) is 3.45. The zero-order valence-electron chi connectivity index (χ0n) is 9.17. The molecule has 0 saturated heterocycles. The van der Waals surface area contributed by atoms with E-state index in [0.717, 1.165) is 25.4 Å². The molecule has 0 amide bonds. The standard InChI is InChI=1S/C12H11BrINO2/c1-16-11-4-2-8(6-10(11)13)15-7-9-3-5-12(14)17-9/h2-6,15H,7H2,1H3.